The van der Waals surface area contributed by atoms with Gasteiger partial charge in [-0.15, -0.1) is 0 Å². The van der Waals surface area contributed by atoms with Crippen molar-refractivity contribution in [1.82, 2.24) is 9.80 Å². The Morgan fingerprint density at radius 2 is 1.12 bits per heavy atom. The third-order valence-electron chi connectivity index (χ3n) is 5.36. The van der Waals surface area contributed by atoms with Crippen LogP contribution in [-0.2, 0) is 9.59 Å². The number of nitrogens with zero attached hydrogens (tertiary/aromatic N) is 2. The average Bonchev–Trinajstić information content (AvgIpc) is 2.78. The minimum atomic E-state index is -0.125. The number of carbonyl (C=O) groups excluding carboxylic acids is 2. The molecule has 0 saturated carbocycles. The Balaban J connectivity index is 1.75. The lowest BCUT2D eigenvalue weighted by molar-refractivity contribution is -0.125. The molecule has 0 bridgehead atoms. The number of hydrogen-bond donors (Lipinski definition) is 2. The summed E-state index contributed by atoms with van der Waals surface area (Å²) >= 11 is 1.69. The molecule has 0 atom stereocenters. The summed E-state index contributed by atoms with van der Waals surface area (Å²) in [5.74, 6) is 1.29. The molecule has 33 heavy (non-hydrogen) atoms. The first kappa shape index (κ1) is 26.1. The van der Waals surface area contributed by atoms with Gasteiger partial charge in [0.05, 0.1) is 0 Å². The number of amides is 2. The van der Waals surface area contributed by atoms with Gasteiger partial charge >= 0.3 is 0 Å². The van der Waals surface area contributed by atoms with Gasteiger partial charge in [0.15, 0.2) is 0 Å². The van der Waals surface area contributed by atoms with E-state index in [2.05, 4.69) is 0 Å². The van der Waals surface area contributed by atoms with Crippen LogP contribution in [0.25, 0.3) is 11.4 Å². The summed E-state index contributed by atoms with van der Waals surface area (Å²) in [6, 6.07) is 15.4. The first-order valence-electron chi connectivity index (χ1n) is 10.8. The van der Waals surface area contributed by atoms with Crippen LogP contribution < -0.4 is 11.5 Å². The van der Waals surface area contributed by atoms with Gasteiger partial charge in [0.2, 0.25) is 11.8 Å². The minimum Gasteiger partial charge on any atom is -0.398 e. The third-order valence-corrected chi connectivity index (χ3v) is 6.31. The Morgan fingerprint density at radius 3 is 1.48 bits per heavy atom. The number of benzene rings is 2. The van der Waals surface area contributed by atoms with Crippen LogP contribution in [-0.4, -0.2) is 60.3 Å². The average molecular weight is 467 g/mol. The molecule has 6 nitrogen and oxygen atoms in total. The van der Waals surface area contributed by atoms with Gasteiger partial charge in [0.25, 0.3) is 0 Å². The zero-order chi connectivity index (χ0) is 24.4. The lowest BCUT2D eigenvalue weighted by atomic mass is 10.1. The van der Waals surface area contributed by atoms with Crippen LogP contribution in [0.2, 0.25) is 0 Å². The van der Waals surface area contributed by atoms with Gasteiger partial charge in [-0.05, 0) is 25.0 Å². The van der Waals surface area contributed by atoms with E-state index in [0.717, 1.165) is 33.8 Å². The second-order valence-corrected chi connectivity index (χ2v) is 9.19. The molecule has 176 valence electrons. The molecule has 4 N–H and O–H groups in total. The highest BCUT2D eigenvalue weighted by Gasteiger charge is 2.10. The maximum atomic E-state index is 12.4. The van der Waals surface area contributed by atoms with Crippen molar-refractivity contribution in [3.05, 3.63) is 82.9 Å². The fraction of sp³-hybridized carbons (Fsp3) is 0.308. The predicted molar refractivity (Wildman–Crippen MR) is 139 cm³/mol. The molecule has 0 radical (unpaired) electrons. The summed E-state index contributed by atoms with van der Waals surface area (Å²) in [6.45, 7) is 5.13. The summed E-state index contributed by atoms with van der Waals surface area (Å²) in [7, 11) is 3.53. The Morgan fingerprint density at radius 1 is 0.758 bits per heavy atom. The van der Waals surface area contributed by atoms with Crippen LogP contribution in [0, 0.1) is 13.8 Å². The van der Waals surface area contributed by atoms with Gasteiger partial charge in [0.1, 0.15) is 0 Å². The van der Waals surface area contributed by atoms with E-state index in [1.165, 1.54) is 12.2 Å². The standard InChI is InChI=1S/C26H34N4O2S/c1-19-9-5-7-11-21(19)23(27)17-25(31)29(3)13-15-33-16-14-30(4)26(32)18-24(28)22-12-8-6-10-20(22)2/h5-12,17-18H,13-16,27-28H2,1-4H3. The van der Waals surface area contributed by atoms with Crippen molar-refractivity contribution < 1.29 is 9.59 Å². The first-order chi connectivity index (χ1) is 15.7. The molecule has 0 saturated heterocycles. The van der Waals surface area contributed by atoms with Crippen LogP contribution in [0.3, 0.4) is 0 Å². The monoisotopic (exact) mass is 466 g/mol. The fourth-order valence-electron chi connectivity index (χ4n) is 3.16. The number of likely N-dealkylation sites (N-methyl/N-ethyl adjacent to an activating group) is 2. The first-order valence-corrected chi connectivity index (χ1v) is 12.0. The number of rotatable bonds is 10. The molecular weight excluding hydrogens is 432 g/mol. The summed E-state index contributed by atoms with van der Waals surface area (Å²) in [5, 5.41) is 0. The second-order valence-electron chi connectivity index (χ2n) is 7.96. The smallest absolute Gasteiger partial charge is 0.248 e. The normalized spacial score (nSPS) is 11.9. The van der Waals surface area contributed by atoms with E-state index in [4.69, 9.17) is 11.5 Å². The minimum absolute atomic E-state index is 0.125. The molecule has 2 aromatic carbocycles. The van der Waals surface area contributed by atoms with Crippen LogP contribution in [0.15, 0.2) is 60.7 Å². The number of aryl methyl sites for hydroxylation is 2. The van der Waals surface area contributed by atoms with E-state index >= 15 is 0 Å². The molecule has 0 aromatic heterocycles. The van der Waals surface area contributed by atoms with Gasteiger partial charge in [-0.1, -0.05) is 48.5 Å². The van der Waals surface area contributed by atoms with Crippen LogP contribution in [0.1, 0.15) is 22.3 Å². The Kier molecular flexibility index (Phi) is 10.1. The van der Waals surface area contributed by atoms with Crippen molar-refractivity contribution in [3.63, 3.8) is 0 Å². The highest BCUT2D eigenvalue weighted by molar-refractivity contribution is 7.99. The van der Waals surface area contributed by atoms with E-state index < -0.39 is 0 Å². The predicted octanol–water partition coefficient (Wildman–Crippen LogP) is 3.25. The van der Waals surface area contributed by atoms with E-state index in [0.29, 0.717) is 24.5 Å². The molecule has 2 aromatic rings. The molecule has 0 aliphatic rings. The maximum absolute atomic E-state index is 12.4. The van der Waals surface area contributed by atoms with Crippen molar-refractivity contribution in [3.8, 4) is 0 Å². The Bertz CT molecular complexity index is 951. The third kappa shape index (κ3) is 8.02. The van der Waals surface area contributed by atoms with E-state index in [1.807, 2.05) is 62.4 Å². The number of thioether (sulfide) groups is 1. The van der Waals surface area contributed by atoms with E-state index in [9.17, 15) is 9.59 Å². The maximum Gasteiger partial charge on any atom is 0.248 e. The topological polar surface area (TPSA) is 92.7 Å². The van der Waals surface area contributed by atoms with Crippen molar-refractivity contribution in [2.45, 2.75) is 13.8 Å². The summed E-state index contributed by atoms with van der Waals surface area (Å²) in [4.78, 5) is 28.2. The van der Waals surface area contributed by atoms with Crippen LogP contribution in [0.5, 0.6) is 0 Å². The van der Waals surface area contributed by atoms with Crippen molar-refractivity contribution in [1.29, 1.82) is 0 Å². The van der Waals surface area contributed by atoms with Crippen molar-refractivity contribution >= 4 is 35.0 Å². The Labute approximate surface area is 201 Å². The van der Waals surface area contributed by atoms with Gasteiger partial charge in [-0.3, -0.25) is 9.59 Å². The van der Waals surface area contributed by atoms with Crippen molar-refractivity contribution in [2.24, 2.45) is 11.5 Å². The molecule has 0 heterocycles. The number of carbonyl (C=O) groups is 2. The van der Waals surface area contributed by atoms with Gasteiger partial charge < -0.3 is 21.3 Å². The molecule has 2 rings (SSSR count). The zero-order valence-corrected chi connectivity index (χ0v) is 20.7. The quantitative estimate of drug-likeness (QED) is 0.414. The molecule has 0 aliphatic heterocycles. The SMILES string of the molecule is Cc1ccccc1C(N)=CC(=O)N(C)CCSCCN(C)C(=O)C=C(N)c1ccccc1C. The fourth-order valence-corrected chi connectivity index (χ4v) is 4.17. The van der Waals surface area contributed by atoms with Crippen molar-refractivity contribution in [2.75, 3.05) is 38.7 Å². The molecular formula is C26H34N4O2S. The molecule has 0 fully saturated rings. The van der Waals surface area contributed by atoms with Crippen LogP contribution >= 0.6 is 11.8 Å². The largest absolute Gasteiger partial charge is 0.398 e. The van der Waals surface area contributed by atoms with E-state index in [-0.39, 0.29) is 11.8 Å². The second kappa shape index (κ2) is 12.7. The van der Waals surface area contributed by atoms with Gasteiger partial charge in [-0.25, -0.2) is 0 Å². The Hall–Kier alpha value is -3.19. The number of nitrogens with two attached hydrogens (primary N) is 2. The molecule has 0 aliphatic carbocycles. The molecule has 2 amide bonds. The highest BCUT2D eigenvalue weighted by Crippen LogP contribution is 2.15. The lowest BCUT2D eigenvalue weighted by Gasteiger charge is -2.18. The molecule has 7 heteroatoms. The van der Waals surface area contributed by atoms with E-state index in [1.54, 1.807) is 35.7 Å². The van der Waals surface area contributed by atoms with Gasteiger partial charge in [-0.2, -0.15) is 11.8 Å². The highest BCUT2D eigenvalue weighted by atomic mass is 32.2. The lowest BCUT2D eigenvalue weighted by Crippen LogP contribution is -2.29. The summed E-state index contributed by atoms with van der Waals surface area (Å²) < 4.78 is 0. The van der Waals surface area contributed by atoms with Gasteiger partial charge in [0, 0.05) is 73.4 Å². The summed E-state index contributed by atoms with van der Waals surface area (Å²) in [6.07, 6.45) is 2.95. The summed E-state index contributed by atoms with van der Waals surface area (Å²) in [5.41, 5.74) is 17.0. The zero-order valence-electron chi connectivity index (χ0n) is 19.9. The van der Waals surface area contributed by atoms with Crippen LogP contribution in [0.4, 0.5) is 0 Å². The molecule has 0 spiro atoms. The molecule has 0 unspecified atom stereocenters. The number of hydrogen-bond acceptors (Lipinski definition) is 5.